The highest BCUT2D eigenvalue weighted by atomic mass is 16.4. The number of carboxylic acid groups (broad SMARTS) is 3. The molecule has 2 amide bonds. The molecule has 3 unspecified atom stereocenters. The van der Waals surface area contributed by atoms with Gasteiger partial charge in [0.05, 0.1) is 0 Å². The fraction of sp³-hybridized carbons (Fsp3) is 0.706. The number of carboxylic acids is 3. The molecule has 0 bridgehead atoms. The molecule has 0 heterocycles. The maximum Gasteiger partial charge on any atom is 0.320 e. The van der Waals surface area contributed by atoms with E-state index in [2.05, 4.69) is 10.6 Å². The molecule has 3 atom stereocenters. The lowest BCUT2D eigenvalue weighted by Gasteiger charge is -2.06. The average molecular weight is 482 g/mol. The van der Waals surface area contributed by atoms with Gasteiger partial charge < -0.3 is 60.4 Å². The van der Waals surface area contributed by atoms with Crippen molar-refractivity contribution in [3.05, 3.63) is 0 Å². The molecule has 16 nitrogen and oxygen atoms in total. The maximum atomic E-state index is 10.2. The van der Waals surface area contributed by atoms with E-state index >= 15 is 0 Å². The van der Waals surface area contributed by atoms with Crippen molar-refractivity contribution < 1.29 is 34.5 Å². The van der Waals surface area contributed by atoms with Gasteiger partial charge in [0.2, 0.25) is 0 Å². The predicted octanol–water partition coefficient (Wildman–Crippen LogP) is -3.35. The Morgan fingerprint density at radius 2 is 1.03 bits per heavy atom. The number of rotatable bonds is 14. The summed E-state index contributed by atoms with van der Waals surface area (Å²) in [6.07, 6.45) is 2.95. The van der Waals surface area contributed by atoms with Gasteiger partial charge in [0.15, 0.2) is 5.96 Å². The van der Waals surface area contributed by atoms with Crippen LogP contribution < -0.4 is 45.0 Å². The van der Waals surface area contributed by atoms with Gasteiger partial charge in [-0.2, -0.15) is 0 Å². The van der Waals surface area contributed by atoms with Crippen LogP contribution >= 0.6 is 0 Å². The Kier molecular flexibility index (Phi) is 22.9. The van der Waals surface area contributed by atoms with Crippen LogP contribution in [0.4, 0.5) is 4.79 Å². The van der Waals surface area contributed by atoms with Crippen molar-refractivity contribution in [1.29, 1.82) is 5.41 Å². The normalized spacial score (nSPS) is 12.4. The van der Waals surface area contributed by atoms with Crippen molar-refractivity contribution in [2.45, 2.75) is 56.7 Å². The molecule has 33 heavy (non-hydrogen) atoms. The monoisotopic (exact) mass is 481 g/mol. The zero-order chi connectivity index (χ0) is 26.4. The van der Waals surface area contributed by atoms with Crippen LogP contribution in [0, 0.1) is 5.41 Å². The predicted molar refractivity (Wildman–Crippen MR) is 121 cm³/mol. The first-order chi connectivity index (χ1) is 15.3. The molecule has 0 radical (unpaired) electrons. The molecule has 0 saturated heterocycles. The molecule has 0 saturated carbocycles. The smallest absolute Gasteiger partial charge is 0.320 e. The molecule has 0 aromatic rings. The Morgan fingerprint density at radius 3 is 1.30 bits per heavy atom. The van der Waals surface area contributed by atoms with Gasteiger partial charge >= 0.3 is 23.9 Å². The largest absolute Gasteiger partial charge is 0.480 e. The van der Waals surface area contributed by atoms with E-state index < -0.39 is 42.1 Å². The van der Waals surface area contributed by atoms with Gasteiger partial charge in [-0.1, -0.05) is 0 Å². The van der Waals surface area contributed by atoms with Crippen molar-refractivity contribution in [1.82, 2.24) is 10.6 Å². The van der Waals surface area contributed by atoms with Crippen molar-refractivity contribution in [3.8, 4) is 0 Å². The lowest BCUT2D eigenvalue weighted by Crippen LogP contribution is -2.34. The number of guanidine groups is 1. The number of carbonyl (C=O) groups is 4. The Morgan fingerprint density at radius 1 is 0.697 bits per heavy atom. The number of nitrogens with one attached hydrogen (secondary N) is 3. The van der Waals surface area contributed by atoms with E-state index in [4.69, 9.17) is 55.1 Å². The van der Waals surface area contributed by atoms with E-state index in [1.165, 1.54) is 0 Å². The highest BCUT2D eigenvalue weighted by Crippen LogP contribution is 1.93. The van der Waals surface area contributed by atoms with E-state index in [0.717, 1.165) is 0 Å². The lowest BCUT2D eigenvalue weighted by atomic mass is 10.2. The van der Waals surface area contributed by atoms with Crippen molar-refractivity contribution >= 4 is 29.9 Å². The lowest BCUT2D eigenvalue weighted by molar-refractivity contribution is -0.139. The first kappa shape index (κ1) is 34.4. The Bertz CT molecular complexity index is 555. The van der Waals surface area contributed by atoms with Crippen molar-refractivity contribution in [2.75, 3.05) is 19.6 Å². The van der Waals surface area contributed by atoms with E-state index in [9.17, 15) is 19.2 Å². The van der Waals surface area contributed by atoms with Gasteiger partial charge in [-0.05, 0) is 45.1 Å². The topological polar surface area (TPSA) is 333 Å². The summed E-state index contributed by atoms with van der Waals surface area (Å²) in [7, 11) is 0. The SMILES string of the molecule is N=C(N)NCCCC(N)C(=O)O.NC(=O)NCCCC(N)C(=O)O.NCCCC(N)C(=O)O. The first-order valence-corrected chi connectivity index (χ1v) is 10.0. The molecule has 194 valence electrons. The maximum absolute atomic E-state index is 10.2. The van der Waals surface area contributed by atoms with Gasteiger partial charge in [-0.3, -0.25) is 19.8 Å². The second-order valence-electron chi connectivity index (χ2n) is 6.68. The minimum atomic E-state index is -1.03. The summed E-state index contributed by atoms with van der Waals surface area (Å²) in [5.74, 6) is -3.10. The molecule has 0 rings (SSSR count). The molecule has 0 aromatic carbocycles. The van der Waals surface area contributed by atoms with Crippen molar-refractivity contribution in [3.63, 3.8) is 0 Å². The van der Waals surface area contributed by atoms with E-state index in [-0.39, 0.29) is 5.96 Å². The summed E-state index contributed by atoms with van der Waals surface area (Å²) in [6.45, 7) is 1.34. The van der Waals surface area contributed by atoms with Crippen molar-refractivity contribution in [2.24, 2.45) is 34.4 Å². The summed E-state index contributed by atoms with van der Waals surface area (Å²) in [4.78, 5) is 40.6. The summed E-state index contributed by atoms with van der Waals surface area (Å²) in [5, 5.41) is 36.6. The summed E-state index contributed by atoms with van der Waals surface area (Å²) in [6, 6.07) is -3.04. The standard InChI is InChI=1S/C6H14N4O2.C6H13N3O3.C5H12N2O2/c7-4(5(11)12)2-1-3-10-6(8)9;7-4(5(10)11)2-1-3-9-6(8)12;6-3-1-2-4(7)5(8)9/h4H,1-3,7H2,(H,11,12)(H4,8,9,10);4H,1-3,7H2,(H,10,11)(H3,8,9,12);4H,1-3,6-7H2,(H,8,9). The van der Waals surface area contributed by atoms with Crippen LogP contribution in [-0.4, -0.2) is 83.0 Å². The Balaban J connectivity index is -0.000000414. The minimum Gasteiger partial charge on any atom is -0.480 e. The number of hydrogen-bond acceptors (Lipinski definition) is 9. The fourth-order valence-corrected chi connectivity index (χ4v) is 1.79. The zero-order valence-electron chi connectivity index (χ0n) is 18.5. The number of aliphatic carboxylic acids is 3. The van der Waals surface area contributed by atoms with Gasteiger partial charge in [-0.15, -0.1) is 0 Å². The second kappa shape index (κ2) is 22.0. The second-order valence-corrected chi connectivity index (χ2v) is 6.68. The molecule has 0 aliphatic carbocycles. The molecule has 0 aliphatic rings. The molecule has 16 heteroatoms. The number of nitrogens with two attached hydrogens (primary N) is 6. The Hall–Kier alpha value is -3.21. The van der Waals surface area contributed by atoms with Gasteiger partial charge in [0.1, 0.15) is 18.1 Å². The zero-order valence-corrected chi connectivity index (χ0v) is 18.5. The van der Waals surface area contributed by atoms with Crippen LogP contribution in [0.2, 0.25) is 0 Å². The van der Waals surface area contributed by atoms with Gasteiger partial charge in [0, 0.05) is 13.1 Å². The van der Waals surface area contributed by atoms with E-state index in [0.29, 0.717) is 58.2 Å². The number of urea groups is 1. The molecular formula is C17H39N9O7. The minimum absolute atomic E-state index is 0.112. The molecule has 0 aromatic heterocycles. The number of carbonyl (C=O) groups excluding carboxylic acids is 1. The third-order valence-electron chi connectivity index (χ3n) is 3.67. The highest BCUT2D eigenvalue weighted by molar-refractivity contribution is 5.74. The number of primary amides is 1. The molecule has 0 fully saturated rings. The number of amides is 2. The highest BCUT2D eigenvalue weighted by Gasteiger charge is 2.10. The summed E-state index contributed by atoms with van der Waals surface area (Å²) >= 11 is 0. The summed E-state index contributed by atoms with van der Waals surface area (Å²) < 4.78 is 0. The van der Waals surface area contributed by atoms with Crippen LogP contribution in [0.15, 0.2) is 0 Å². The van der Waals surface area contributed by atoms with E-state index in [1.807, 2.05) is 0 Å². The van der Waals surface area contributed by atoms with Crippen LogP contribution in [0.1, 0.15) is 38.5 Å². The molecule has 0 aliphatic heterocycles. The molecular weight excluding hydrogens is 442 g/mol. The van der Waals surface area contributed by atoms with Crippen LogP contribution in [0.3, 0.4) is 0 Å². The summed E-state index contributed by atoms with van der Waals surface area (Å²) in [5.41, 5.74) is 30.5. The van der Waals surface area contributed by atoms with Gasteiger partial charge in [-0.25, -0.2) is 4.79 Å². The Labute approximate surface area is 191 Å². The molecule has 0 spiro atoms. The number of hydrogen-bond donors (Lipinski definition) is 12. The molecule has 18 N–H and O–H groups in total. The fourth-order valence-electron chi connectivity index (χ4n) is 1.79. The van der Waals surface area contributed by atoms with E-state index in [1.54, 1.807) is 0 Å². The van der Waals surface area contributed by atoms with Crippen LogP contribution in [-0.2, 0) is 14.4 Å². The van der Waals surface area contributed by atoms with Gasteiger partial charge in [0.25, 0.3) is 0 Å². The van der Waals surface area contributed by atoms with Crippen LogP contribution in [0.5, 0.6) is 0 Å². The van der Waals surface area contributed by atoms with Crippen LogP contribution in [0.25, 0.3) is 0 Å². The average Bonchev–Trinajstić information content (AvgIpc) is 2.72. The third kappa shape index (κ3) is 28.8. The quantitative estimate of drug-likeness (QED) is 0.0655. The first-order valence-electron chi connectivity index (χ1n) is 10.0. The third-order valence-corrected chi connectivity index (χ3v) is 3.67.